The molecule has 1 aliphatic heterocycles. The molecule has 2 rings (SSSR count). The highest BCUT2D eigenvalue weighted by atomic mass is 35.5. The number of carbonyl (C=O) groups is 1. The summed E-state index contributed by atoms with van der Waals surface area (Å²) in [5.74, 6) is -0.248. The van der Waals surface area contributed by atoms with Crippen molar-refractivity contribution in [2.24, 2.45) is 0 Å². The monoisotopic (exact) mass is 270 g/mol. The summed E-state index contributed by atoms with van der Waals surface area (Å²) >= 11 is 5.99. The van der Waals surface area contributed by atoms with Crippen molar-refractivity contribution >= 4 is 17.5 Å². The first-order valence-corrected chi connectivity index (χ1v) is 6.14. The zero-order chi connectivity index (χ0) is 13.0. The van der Waals surface area contributed by atoms with E-state index in [-0.39, 0.29) is 12.0 Å². The SMILES string of the molecule is Cc1cc(Cl)c(C(=O)NCC2COCCO2)cn1. The highest BCUT2D eigenvalue weighted by Crippen LogP contribution is 2.15. The van der Waals surface area contributed by atoms with E-state index in [2.05, 4.69) is 10.3 Å². The minimum Gasteiger partial charge on any atom is -0.376 e. The van der Waals surface area contributed by atoms with Crippen LogP contribution in [0.5, 0.6) is 0 Å². The molecule has 0 radical (unpaired) electrons. The van der Waals surface area contributed by atoms with Crippen LogP contribution in [0.3, 0.4) is 0 Å². The molecule has 0 spiro atoms. The normalized spacial score (nSPS) is 19.6. The van der Waals surface area contributed by atoms with Crippen LogP contribution in [0.15, 0.2) is 12.3 Å². The fraction of sp³-hybridized carbons (Fsp3) is 0.500. The Kier molecular flexibility index (Phi) is 4.52. The van der Waals surface area contributed by atoms with Crippen LogP contribution in [0.2, 0.25) is 5.02 Å². The highest BCUT2D eigenvalue weighted by Gasteiger charge is 2.17. The third kappa shape index (κ3) is 3.41. The van der Waals surface area contributed by atoms with Crippen molar-refractivity contribution in [2.45, 2.75) is 13.0 Å². The van der Waals surface area contributed by atoms with E-state index >= 15 is 0 Å². The Bertz CT molecular complexity index is 433. The molecule has 1 unspecified atom stereocenters. The first-order chi connectivity index (χ1) is 8.66. The molecule has 0 aromatic carbocycles. The number of carbonyl (C=O) groups excluding carboxylic acids is 1. The quantitative estimate of drug-likeness (QED) is 0.896. The number of ether oxygens (including phenoxy) is 2. The number of aryl methyl sites for hydroxylation is 1. The maximum Gasteiger partial charge on any atom is 0.254 e. The maximum atomic E-state index is 11.9. The summed E-state index contributed by atoms with van der Waals surface area (Å²) in [4.78, 5) is 15.9. The molecule has 98 valence electrons. The standard InChI is InChI=1S/C12H15ClN2O3/c1-8-4-11(13)10(6-14-8)12(16)15-5-9-7-17-2-3-18-9/h4,6,9H,2-3,5,7H2,1H3,(H,15,16). The van der Waals surface area contributed by atoms with Crippen molar-refractivity contribution in [1.82, 2.24) is 10.3 Å². The number of hydrogen-bond acceptors (Lipinski definition) is 4. The van der Waals surface area contributed by atoms with Crippen LogP contribution in [-0.2, 0) is 9.47 Å². The summed E-state index contributed by atoms with van der Waals surface area (Å²) in [6.45, 7) is 3.90. The summed E-state index contributed by atoms with van der Waals surface area (Å²) in [7, 11) is 0. The Morgan fingerprint density at radius 2 is 2.44 bits per heavy atom. The van der Waals surface area contributed by atoms with E-state index in [0.29, 0.717) is 37.0 Å². The average molecular weight is 271 g/mol. The van der Waals surface area contributed by atoms with Gasteiger partial charge in [-0.1, -0.05) is 11.6 Å². The van der Waals surface area contributed by atoms with Crippen molar-refractivity contribution in [3.05, 3.63) is 28.5 Å². The molecule has 0 saturated carbocycles. The van der Waals surface area contributed by atoms with E-state index < -0.39 is 0 Å². The Hall–Kier alpha value is -1.17. The van der Waals surface area contributed by atoms with Crippen LogP contribution in [-0.4, -0.2) is 43.4 Å². The Labute approximate surface area is 110 Å². The van der Waals surface area contributed by atoms with Gasteiger partial charge in [-0.3, -0.25) is 9.78 Å². The van der Waals surface area contributed by atoms with E-state index in [9.17, 15) is 4.79 Å². The number of pyridine rings is 1. The minimum atomic E-state index is -0.248. The van der Waals surface area contributed by atoms with Gasteiger partial charge in [-0.15, -0.1) is 0 Å². The lowest BCUT2D eigenvalue weighted by Gasteiger charge is -2.23. The molecule has 1 aromatic heterocycles. The fourth-order valence-electron chi connectivity index (χ4n) is 1.65. The molecule has 1 aliphatic rings. The van der Waals surface area contributed by atoms with Crippen molar-refractivity contribution in [1.29, 1.82) is 0 Å². The van der Waals surface area contributed by atoms with Gasteiger partial charge in [-0.25, -0.2) is 0 Å². The molecule has 1 saturated heterocycles. The summed E-state index contributed by atoms with van der Waals surface area (Å²) in [6, 6.07) is 1.66. The largest absolute Gasteiger partial charge is 0.376 e. The van der Waals surface area contributed by atoms with E-state index in [1.807, 2.05) is 6.92 Å². The topological polar surface area (TPSA) is 60.5 Å². The predicted octanol–water partition coefficient (Wildman–Crippen LogP) is 1.19. The van der Waals surface area contributed by atoms with Gasteiger partial charge in [0.1, 0.15) is 0 Å². The second-order valence-corrected chi connectivity index (χ2v) is 4.49. The van der Waals surface area contributed by atoms with Crippen molar-refractivity contribution in [2.75, 3.05) is 26.4 Å². The molecule has 2 heterocycles. The lowest BCUT2D eigenvalue weighted by molar-refractivity contribution is -0.0855. The van der Waals surface area contributed by atoms with Gasteiger partial charge in [-0.2, -0.15) is 0 Å². The van der Waals surface area contributed by atoms with E-state index in [1.54, 1.807) is 6.07 Å². The molecule has 1 aromatic rings. The van der Waals surface area contributed by atoms with Crippen molar-refractivity contribution in [3.8, 4) is 0 Å². The van der Waals surface area contributed by atoms with Crippen LogP contribution in [0, 0.1) is 6.92 Å². The van der Waals surface area contributed by atoms with Crippen molar-refractivity contribution < 1.29 is 14.3 Å². The number of amides is 1. The van der Waals surface area contributed by atoms with E-state index in [1.165, 1.54) is 6.20 Å². The van der Waals surface area contributed by atoms with E-state index in [4.69, 9.17) is 21.1 Å². The summed E-state index contributed by atoms with van der Waals surface area (Å²) in [5, 5.41) is 3.16. The fourth-order valence-corrected chi connectivity index (χ4v) is 1.94. The molecular formula is C12H15ClN2O3. The van der Waals surface area contributed by atoms with Gasteiger partial charge in [0.2, 0.25) is 0 Å². The summed E-state index contributed by atoms with van der Waals surface area (Å²) in [5.41, 5.74) is 1.15. The molecule has 6 heteroatoms. The van der Waals surface area contributed by atoms with Gasteiger partial charge in [0.15, 0.2) is 0 Å². The zero-order valence-electron chi connectivity index (χ0n) is 10.1. The number of hydrogen-bond donors (Lipinski definition) is 1. The molecule has 18 heavy (non-hydrogen) atoms. The third-order valence-corrected chi connectivity index (χ3v) is 2.92. The number of nitrogens with zero attached hydrogens (tertiary/aromatic N) is 1. The predicted molar refractivity (Wildman–Crippen MR) is 66.9 cm³/mol. The molecule has 5 nitrogen and oxygen atoms in total. The minimum absolute atomic E-state index is 0.0973. The maximum absolute atomic E-state index is 11.9. The van der Waals surface area contributed by atoms with Crippen LogP contribution in [0.4, 0.5) is 0 Å². The zero-order valence-corrected chi connectivity index (χ0v) is 10.9. The van der Waals surface area contributed by atoms with Crippen LogP contribution in [0.1, 0.15) is 16.1 Å². The Morgan fingerprint density at radius 1 is 1.61 bits per heavy atom. The van der Waals surface area contributed by atoms with Gasteiger partial charge in [-0.05, 0) is 13.0 Å². The lowest BCUT2D eigenvalue weighted by Crippen LogP contribution is -2.39. The van der Waals surface area contributed by atoms with Crippen LogP contribution >= 0.6 is 11.6 Å². The van der Waals surface area contributed by atoms with E-state index in [0.717, 1.165) is 5.69 Å². The second-order valence-electron chi connectivity index (χ2n) is 4.08. The lowest BCUT2D eigenvalue weighted by atomic mass is 10.2. The first-order valence-electron chi connectivity index (χ1n) is 5.76. The van der Waals surface area contributed by atoms with Crippen molar-refractivity contribution in [3.63, 3.8) is 0 Å². The van der Waals surface area contributed by atoms with Gasteiger partial charge < -0.3 is 14.8 Å². The van der Waals surface area contributed by atoms with Crippen LogP contribution < -0.4 is 5.32 Å². The third-order valence-electron chi connectivity index (χ3n) is 2.61. The Morgan fingerprint density at radius 3 is 3.11 bits per heavy atom. The first kappa shape index (κ1) is 13.3. The van der Waals surface area contributed by atoms with Crippen LogP contribution in [0.25, 0.3) is 0 Å². The van der Waals surface area contributed by atoms with Gasteiger partial charge in [0, 0.05) is 18.4 Å². The van der Waals surface area contributed by atoms with Gasteiger partial charge in [0.25, 0.3) is 5.91 Å². The molecule has 1 amide bonds. The highest BCUT2D eigenvalue weighted by molar-refractivity contribution is 6.33. The Balaban J connectivity index is 1.90. The number of aromatic nitrogens is 1. The number of rotatable bonds is 3. The van der Waals surface area contributed by atoms with Gasteiger partial charge >= 0.3 is 0 Å². The molecular weight excluding hydrogens is 256 g/mol. The number of nitrogens with one attached hydrogen (secondary N) is 1. The molecule has 0 aliphatic carbocycles. The molecule has 1 atom stereocenters. The number of halogens is 1. The smallest absolute Gasteiger partial charge is 0.254 e. The average Bonchev–Trinajstić information content (AvgIpc) is 2.37. The molecule has 1 fully saturated rings. The second kappa shape index (κ2) is 6.13. The molecule has 1 N–H and O–H groups in total. The molecule has 0 bridgehead atoms. The summed E-state index contributed by atoms with van der Waals surface area (Å²) in [6.07, 6.45) is 1.38. The van der Waals surface area contributed by atoms with Gasteiger partial charge in [0.05, 0.1) is 36.5 Å². The summed E-state index contributed by atoms with van der Waals surface area (Å²) < 4.78 is 10.7.